The molecule has 256 valence electrons. The minimum Gasteiger partial charge on any atom is -0.479 e. The van der Waals surface area contributed by atoms with Crippen molar-refractivity contribution in [2.24, 2.45) is 0 Å². The van der Waals surface area contributed by atoms with Crippen LogP contribution in [0.15, 0.2) is 0 Å². The van der Waals surface area contributed by atoms with E-state index < -0.39 is 135 Å². The predicted molar refractivity (Wildman–Crippen MR) is 132 cm³/mol. The molecule has 20 nitrogen and oxygen atoms in total. The fourth-order valence-electron chi connectivity index (χ4n) is 5.27. The van der Waals surface area contributed by atoms with Gasteiger partial charge in [0.25, 0.3) is 0 Å². The molecule has 4 heterocycles. The highest BCUT2D eigenvalue weighted by Crippen LogP contribution is 2.33. The van der Waals surface area contributed by atoms with E-state index in [4.69, 9.17) is 33.2 Å². The predicted octanol–water partition coefficient (Wildman–Crippen LogP) is -7.60. The zero-order valence-corrected chi connectivity index (χ0v) is 23.4. The smallest absolute Gasteiger partial charge is 0.335 e. The minimum absolute atomic E-state index is 0.621. The first-order chi connectivity index (χ1) is 20.5. The summed E-state index contributed by atoms with van der Waals surface area (Å²) < 4.78 is 38.3. The van der Waals surface area contributed by atoms with E-state index in [1.54, 1.807) is 0 Å². The summed E-state index contributed by atoms with van der Waals surface area (Å²) in [6.07, 6.45) is -35.0. The van der Waals surface area contributed by atoms with Crippen LogP contribution in [-0.2, 0) is 38.0 Å². The van der Waals surface area contributed by atoms with Gasteiger partial charge >= 0.3 is 5.97 Å². The van der Waals surface area contributed by atoms with Gasteiger partial charge < -0.3 is 94.4 Å². The Morgan fingerprint density at radius 3 is 1.61 bits per heavy atom. The molecule has 0 aliphatic carbocycles. The van der Waals surface area contributed by atoms with Crippen molar-refractivity contribution in [3.63, 3.8) is 0 Å². The van der Waals surface area contributed by atoms with Gasteiger partial charge in [0.05, 0.1) is 18.8 Å². The molecule has 0 spiro atoms. The SMILES string of the molecule is CC1OC(OC2C(OCC3OC(O)C(O)C(O)C3O)OC(C)C(O)C2O)C(OC2OC(C(=O)O)C(O)C(O)C2O)C(O)C1O. The first-order valence-corrected chi connectivity index (χ1v) is 13.8. The molecule has 0 saturated carbocycles. The topological polar surface area (TPSA) is 324 Å². The van der Waals surface area contributed by atoms with E-state index in [9.17, 15) is 66.1 Å². The summed E-state index contributed by atoms with van der Waals surface area (Å²) in [7, 11) is 0. The van der Waals surface area contributed by atoms with E-state index in [-0.39, 0.29) is 0 Å². The highest BCUT2D eigenvalue weighted by atomic mass is 16.8. The van der Waals surface area contributed by atoms with E-state index in [1.807, 2.05) is 0 Å². The lowest BCUT2D eigenvalue weighted by Gasteiger charge is -2.48. The average molecular weight is 649 g/mol. The number of aliphatic hydroxyl groups excluding tert-OH is 11. The first kappa shape index (κ1) is 35.6. The summed E-state index contributed by atoms with van der Waals surface area (Å²) in [4.78, 5) is 11.5. The average Bonchev–Trinajstić information content (AvgIpc) is 2.98. The molecule has 4 saturated heterocycles. The highest BCUT2D eigenvalue weighted by molar-refractivity contribution is 5.73. The Kier molecular flexibility index (Phi) is 11.5. The zero-order chi connectivity index (χ0) is 32.8. The zero-order valence-electron chi connectivity index (χ0n) is 23.4. The molecule has 20 atom stereocenters. The van der Waals surface area contributed by atoms with Crippen molar-refractivity contribution in [2.75, 3.05) is 6.61 Å². The van der Waals surface area contributed by atoms with E-state index in [0.717, 1.165) is 0 Å². The van der Waals surface area contributed by atoms with Gasteiger partial charge in [0.2, 0.25) is 0 Å². The molecule has 0 aromatic rings. The second-order valence-electron chi connectivity index (χ2n) is 11.2. The van der Waals surface area contributed by atoms with Crippen molar-refractivity contribution in [2.45, 2.75) is 137 Å². The van der Waals surface area contributed by atoms with Crippen LogP contribution >= 0.6 is 0 Å². The third kappa shape index (κ3) is 7.02. The van der Waals surface area contributed by atoms with Crippen molar-refractivity contribution in [1.82, 2.24) is 0 Å². The van der Waals surface area contributed by atoms with Crippen molar-refractivity contribution in [3.05, 3.63) is 0 Å². The standard InChI is InChI=1S/C24H40O20/c1-4-7(25)12(30)18(23(39-4)38-3-6-9(27)10(28)15(33)21(37)41-6)44-24-19(13(31)8(26)5(2)40-24)43-22-16(34)11(29)14(32)17(42-22)20(35)36/h4-19,21-34,37H,3H2,1-2H3,(H,35,36). The van der Waals surface area contributed by atoms with Gasteiger partial charge in [0.1, 0.15) is 79.4 Å². The normalized spacial score (nSPS) is 53.8. The van der Waals surface area contributed by atoms with Crippen molar-refractivity contribution >= 4 is 5.97 Å². The van der Waals surface area contributed by atoms with Gasteiger partial charge in [-0.1, -0.05) is 0 Å². The Labute approximate surface area is 249 Å². The van der Waals surface area contributed by atoms with Crippen LogP contribution in [0.3, 0.4) is 0 Å². The number of ether oxygens (including phenoxy) is 7. The molecule has 20 unspecified atom stereocenters. The highest BCUT2D eigenvalue weighted by Gasteiger charge is 2.54. The van der Waals surface area contributed by atoms with Gasteiger partial charge in [-0.2, -0.15) is 0 Å². The van der Waals surface area contributed by atoms with E-state index >= 15 is 0 Å². The van der Waals surface area contributed by atoms with Crippen LogP contribution in [0.4, 0.5) is 0 Å². The number of aliphatic carboxylic acids is 1. The molecular formula is C24H40O20. The molecule has 4 fully saturated rings. The maximum absolute atomic E-state index is 11.5. The molecule has 0 radical (unpaired) electrons. The second kappa shape index (κ2) is 14.3. The van der Waals surface area contributed by atoms with Gasteiger partial charge in [0.15, 0.2) is 31.3 Å². The number of rotatable bonds is 8. The molecule has 44 heavy (non-hydrogen) atoms. The molecule has 0 amide bonds. The summed E-state index contributed by atoms with van der Waals surface area (Å²) in [5.41, 5.74) is 0. The number of hydrogen-bond acceptors (Lipinski definition) is 19. The summed E-state index contributed by atoms with van der Waals surface area (Å²) in [5, 5.41) is 122. The molecular weight excluding hydrogens is 608 g/mol. The summed E-state index contributed by atoms with van der Waals surface area (Å²) in [6, 6.07) is 0. The van der Waals surface area contributed by atoms with Crippen LogP contribution < -0.4 is 0 Å². The van der Waals surface area contributed by atoms with E-state index in [0.29, 0.717) is 0 Å². The lowest BCUT2D eigenvalue weighted by atomic mass is 9.96. The van der Waals surface area contributed by atoms with Gasteiger partial charge in [-0.15, -0.1) is 0 Å². The second-order valence-corrected chi connectivity index (χ2v) is 11.2. The van der Waals surface area contributed by atoms with Crippen LogP contribution in [0, 0.1) is 0 Å². The fourth-order valence-corrected chi connectivity index (χ4v) is 5.27. The van der Waals surface area contributed by atoms with Crippen molar-refractivity contribution in [1.29, 1.82) is 0 Å². The van der Waals surface area contributed by atoms with Crippen LogP contribution in [-0.4, -0.2) is 197 Å². The molecule has 0 bridgehead atoms. The number of carbonyl (C=O) groups is 1. The molecule has 4 rings (SSSR count). The quantitative estimate of drug-likeness (QED) is 0.116. The molecule has 0 aromatic heterocycles. The van der Waals surface area contributed by atoms with Crippen LogP contribution in [0.5, 0.6) is 0 Å². The maximum atomic E-state index is 11.5. The third-order valence-corrected chi connectivity index (χ3v) is 8.08. The number of aliphatic hydroxyl groups is 11. The summed E-state index contributed by atoms with van der Waals surface area (Å²) >= 11 is 0. The molecule has 4 aliphatic heterocycles. The summed E-state index contributed by atoms with van der Waals surface area (Å²) in [6.45, 7) is 2.09. The fraction of sp³-hybridized carbons (Fsp3) is 0.958. The summed E-state index contributed by atoms with van der Waals surface area (Å²) in [5.74, 6) is -1.72. The monoisotopic (exact) mass is 648 g/mol. The lowest BCUT2D eigenvalue weighted by Crippen LogP contribution is -2.66. The van der Waals surface area contributed by atoms with Crippen molar-refractivity contribution < 1.29 is 99.2 Å². The van der Waals surface area contributed by atoms with Gasteiger partial charge in [-0.3, -0.25) is 0 Å². The van der Waals surface area contributed by atoms with E-state index in [1.165, 1.54) is 13.8 Å². The number of hydrogen-bond donors (Lipinski definition) is 12. The Morgan fingerprint density at radius 2 is 1.05 bits per heavy atom. The number of carboxylic acid groups (broad SMARTS) is 1. The Bertz CT molecular complexity index is 959. The van der Waals surface area contributed by atoms with Crippen LogP contribution in [0.1, 0.15) is 13.8 Å². The third-order valence-electron chi connectivity index (χ3n) is 8.08. The van der Waals surface area contributed by atoms with Crippen LogP contribution in [0.25, 0.3) is 0 Å². The van der Waals surface area contributed by atoms with E-state index in [2.05, 4.69) is 0 Å². The molecule has 0 aromatic carbocycles. The molecule has 12 N–H and O–H groups in total. The number of carboxylic acids is 1. The van der Waals surface area contributed by atoms with Crippen LogP contribution in [0.2, 0.25) is 0 Å². The first-order valence-electron chi connectivity index (χ1n) is 13.8. The maximum Gasteiger partial charge on any atom is 0.335 e. The Morgan fingerprint density at radius 1 is 0.545 bits per heavy atom. The Balaban J connectivity index is 1.54. The molecule has 4 aliphatic rings. The largest absolute Gasteiger partial charge is 0.479 e. The van der Waals surface area contributed by atoms with Gasteiger partial charge in [-0.05, 0) is 13.8 Å². The van der Waals surface area contributed by atoms with Gasteiger partial charge in [0, 0.05) is 0 Å². The molecule has 20 heteroatoms. The Hall–Kier alpha value is -1.25. The van der Waals surface area contributed by atoms with Gasteiger partial charge in [-0.25, -0.2) is 4.79 Å². The van der Waals surface area contributed by atoms with Crippen molar-refractivity contribution in [3.8, 4) is 0 Å². The minimum atomic E-state index is -2.07. The lowest BCUT2D eigenvalue weighted by molar-refractivity contribution is -0.390.